The predicted molar refractivity (Wildman–Crippen MR) is 140 cm³/mol. The third-order valence-electron chi connectivity index (χ3n) is 6.59. The van der Waals surface area contributed by atoms with E-state index < -0.39 is 12.0 Å². The molecule has 0 radical (unpaired) electrons. The van der Waals surface area contributed by atoms with E-state index >= 15 is 0 Å². The van der Waals surface area contributed by atoms with Crippen LogP contribution in [0.4, 0.5) is 0 Å². The van der Waals surface area contributed by atoms with Crippen LogP contribution in [0.2, 0.25) is 5.02 Å². The van der Waals surface area contributed by atoms with Crippen molar-refractivity contribution in [1.82, 2.24) is 14.7 Å². The normalized spacial score (nSPS) is 19.4. The van der Waals surface area contributed by atoms with Crippen LogP contribution in [-0.2, 0) is 14.3 Å². The number of piperazine rings is 1. The molecule has 0 unspecified atom stereocenters. The molecule has 37 heavy (non-hydrogen) atoms. The number of ether oxygens (including phenoxy) is 1. The molecular formula is C26H25ClN4O5S. The first-order chi connectivity index (χ1) is 17.9. The van der Waals surface area contributed by atoms with Crippen LogP contribution in [-0.4, -0.2) is 70.9 Å². The lowest BCUT2D eigenvalue weighted by Crippen LogP contribution is -2.50. The van der Waals surface area contributed by atoms with E-state index in [0.717, 1.165) is 11.3 Å². The van der Waals surface area contributed by atoms with Crippen molar-refractivity contribution in [2.45, 2.75) is 19.4 Å². The van der Waals surface area contributed by atoms with Gasteiger partial charge in [0.05, 0.1) is 37.1 Å². The Bertz CT molecular complexity index is 1330. The number of fused-ring (bicyclic) bond motifs is 1. The van der Waals surface area contributed by atoms with Gasteiger partial charge in [0.25, 0.3) is 5.91 Å². The number of aliphatic imine (C=N–C) groups is 1. The molecule has 9 nitrogen and oxygen atoms in total. The van der Waals surface area contributed by atoms with E-state index in [2.05, 4.69) is 4.99 Å². The molecule has 3 aliphatic heterocycles. The maximum atomic E-state index is 13.3. The first-order valence-electron chi connectivity index (χ1n) is 11.8. The summed E-state index contributed by atoms with van der Waals surface area (Å²) in [7, 11) is 1.33. The Hall–Kier alpha value is -3.50. The van der Waals surface area contributed by atoms with Crippen molar-refractivity contribution in [2.75, 3.05) is 33.3 Å². The van der Waals surface area contributed by atoms with Crippen LogP contribution >= 0.6 is 23.4 Å². The molecule has 1 saturated heterocycles. The SMILES string of the molecule is COC(=O)C1=C(C)N=C2SC=C(CC(=O)N3CCN(C(=O)c4ccco4)CC3)N2[C@H]1c1ccccc1Cl. The van der Waals surface area contributed by atoms with Gasteiger partial charge in [-0.2, -0.15) is 0 Å². The van der Waals surface area contributed by atoms with Crippen molar-refractivity contribution in [2.24, 2.45) is 4.99 Å². The number of thioether (sulfide) groups is 1. The molecule has 0 bridgehead atoms. The number of nitrogens with zero attached hydrogens (tertiary/aromatic N) is 4. The smallest absolute Gasteiger partial charge is 0.338 e. The average molecular weight is 541 g/mol. The van der Waals surface area contributed by atoms with Gasteiger partial charge in [0.2, 0.25) is 5.91 Å². The number of halogens is 1. The molecule has 0 saturated carbocycles. The van der Waals surface area contributed by atoms with Gasteiger partial charge in [-0.1, -0.05) is 41.6 Å². The van der Waals surface area contributed by atoms with Crippen molar-refractivity contribution in [1.29, 1.82) is 0 Å². The Balaban J connectivity index is 1.34. The Labute approximate surface area is 223 Å². The van der Waals surface area contributed by atoms with Crippen LogP contribution in [0.25, 0.3) is 0 Å². The number of benzene rings is 1. The van der Waals surface area contributed by atoms with Crippen LogP contribution < -0.4 is 0 Å². The molecule has 2 aromatic rings. The molecule has 5 rings (SSSR count). The molecule has 11 heteroatoms. The maximum Gasteiger partial charge on any atom is 0.338 e. The number of methoxy groups -OCH3 is 1. The summed E-state index contributed by atoms with van der Waals surface area (Å²) in [6, 6.07) is 10.1. The molecule has 3 aliphatic rings. The zero-order chi connectivity index (χ0) is 26.1. The molecule has 4 heterocycles. The summed E-state index contributed by atoms with van der Waals surface area (Å²) in [5.41, 5.74) is 2.38. The van der Waals surface area contributed by atoms with Crippen LogP contribution in [0.3, 0.4) is 0 Å². The van der Waals surface area contributed by atoms with E-state index in [1.807, 2.05) is 28.5 Å². The molecule has 0 N–H and O–H groups in total. The summed E-state index contributed by atoms with van der Waals surface area (Å²) in [6.45, 7) is 3.46. The fourth-order valence-electron chi connectivity index (χ4n) is 4.71. The number of amidine groups is 1. The number of carbonyl (C=O) groups excluding carboxylic acids is 3. The molecule has 1 atom stereocenters. The van der Waals surface area contributed by atoms with Crippen LogP contribution in [0.1, 0.15) is 35.5 Å². The highest BCUT2D eigenvalue weighted by Gasteiger charge is 2.42. The molecular weight excluding hydrogens is 516 g/mol. The zero-order valence-corrected chi connectivity index (χ0v) is 21.9. The summed E-state index contributed by atoms with van der Waals surface area (Å²) in [5, 5.41) is 3.07. The Morgan fingerprint density at radius 3 is 2.51 bits per heavy atom. The van der Waals surface area contributed by atoms with E-state index in [0.29, 0.717) is 53.4 Å². The van der Waals surface area contributed by atoms with Gasteiger partial charge in [-0.25, -0.2) is 9.79 Å². The quantitative estimate of drug-likeness (QED) is 0.528. The summed E-state index contributed by atoms with van der Waals surface area (Å²) in [4.78, 5) is 48.7. The van der Waals surface area contributed by atoms with E-state index in [1.54, 1.807) is 34.9 Å². The molecule has 2 amide bonds. The minimum Gasteiger partial charge on any atom is -0.466 e. The summed E-state index contributed by atoms with van der Waals surface area (Å²) >= 11 is 7.98. The van der Waals surface area contributed by atoms with Gasteiger partial charge in [0.15, 0.2) is 10.9 Å². The average Bonchev–Trinajstić information content (AvgIpc) is 3.58. The molecule has 1 aromatic carbocycles. The second-order valence-electron chi connectivity index (χ2n) is 8.73. The van der Waals surface area contributed by atoms with Crippen LogP contribution in [0, 0.1) is 0 Å². The topological polar surface area (TPSA) is 95.7 Å². The number of allylic oxidation sites excluding steroid dienone is 1. The second-order valence-corrected chi connectivity index (χ2v) is 9.98. The van der Waals surface area contributed by atoms with Crippen LogP contribution in [0.15, 0.2) is 74.4 Å². The van der Waals surface area contributed by atoms with Crippen molar-refractivity contribution in [3.05, 3.63) is 81.4 Å². The predicted octanol–water partition coefficient (Wildman–Crippen LogP) is 4.06. The van der Waals surface area contributed by atoms with Gasteiger partial charge in [0.1, 0.15) is 0 Å². The third-order valence-corrected chi connectivity index (χ3v) is 7.82. The molecule has 0 spiro atoms. The van der Waals surface area contributed by atoms with Gasteiger partial charge in [-0.15, -0.1) is 0 Å². The molecule has 0 aliphatic carbocycles. The van der Waals surface area contributed by atoms with Crippen molar-refractivity contribution >= 4 is 46.3 Å². The highest BCUT2D eigenvalue weighted by atomic mass is 35.5. The number of esters is 1. The van der Waals surface area contributed by atoms with Crippen molar-refractivity contribution in [3.63, 3.8) is 0 Å². The third kappa shape index (κ3) is 4.78. The first-order valence-corrected chi connectivity index (χ1v) is 13.0. The van der Waals surface area contributed by atoms with Gasteiger partial charge >= 0.3 is 5.97 Å². The second kappa shape index (κ2) is 10.5. The highest BCUT2D eigenvalue weighted by molar-refractivity contribution is 8.16. The minimum atomic E-state index is -0.578. The number of carbonyl (C=O) groups is 3. The number of furan rings is 1. The molecule has 1 aromatic heterocycles. The largest absolute Gasteiger partial charge is 0.466 e. The summed E-state index contributed by atoms with van der Waals surface area (Å²) < 4.78 is 10.3. The standard InChI is InChI=1S/C26H25ClN4O5S/c1-16-22(25(34)35-2)23(18-6-3-4-7-19(18)27)31-17(15-37-26(31)28-16)14-21(32)29-9-11-30(12-10-29)24(33)20-8-5-13-36-20/h3-8,13,15,23H,9-12,14H2,1-2H3/t23-/m0/s1. The lowest BCUT2D eigenvalue weighted by molar-refractivity contribution is -0.136. The van der Waals surface area contributed by atoms with E-state index in [1.165, 1.54) is 25.1 Å². The summed E-state index contributed by atoms with van der Waals surface area (Å²) in [5.74, 6) is -0.450. The van der Waals surface area contributed by atoms with Gasteiger partial charge in [0, 0.05) is 36.9 Å². The van der Waals surface area contributed by atoms with E-state index in [-0.39, 0.29) is 18.2 Å². The fourth-order valence-corrected chi connectivity index (χ4v) is 5.92. The first kappa shape index (κ1) is 25.2. The number of hydrogen-bond donors (Lipinski definition) is 0. The zero-order valence-electron chi connectivity index (χ0n) is 20.3. The van der Waals surface area contributed by atoms with E-state index in [9.17, 15) is 14.4 Å². The van der Waals surface area contributed by atoms with Crippen LogP contribution in [0.5, 0.6) is 0 Å². The highest BCUT2D eigenvalue weighted by Crippen LogP contribution is 2.46. The minimum absolute atomic E-state index is 0.0676. The van der Waals surface area contributed by atoms with E-state index in [4.69, 9.17) is 20.8 Å². The number of rotatable bonds is 5. The monoisotopic (exact) mass is 540 g/mol. The van der Waals surface area contributed by atoms with Gasteiger partial charge < -0.3 is 23.9 Å². The Morgan fingerprint density at radius 2 is 1.84 bits per heavy atom. The fraction of sp³-hybridized carbons (Fsp3) is 0.308. The Morgan fingerprint density at radius 1 is 1.11 bits per heavy atom. The van der Waals surface area contributed by atoms with Gasteiger partial charge in [-0.3, -0.25) is 9.59 Å². The number of hydrogen-bond acceptors (Lipinski definition) is 8. The lowest BCUT2D eigenvalue weighted by atomic mass is 9.93. The summed E-state index contributed by atoms with van der Waals surface area (Å²) in [6.07, 6.45) is 1.59. The van der Waals surface area contributed by atoms with Gasteiger partial charge in [-0.05, 0) is 36.1 Å². The van der Waals surface area contributed by atoms with Crippen molar-refractivity contribution in [3.8, 4) is 0 Å². The van der Waals surface area contributed by atoms with Crippen molar-refractivity contribution < 1.29 is 23.5 Å². The number of amides is 2. The lowest BCUT2D eigenvalue weighted by Gasteiger charge is -2.38. The molecule has 192 valence electrons. The molecule has 1 fully saturated rings. The maximum absolute atomic E-state index is 13.3. The Kier molecular flexibility index (Phi) is 7.12.